The highest BCUT2D eigenvalue weighted by molar-refractivity contribution is 5.55. The summed E-state index contributed by atoms with van der Waals surface area (Å²) >= 11 is 0. The normalized spacial score (nSPS) is 34.5. The van der Waals surface area contributed by atoms with Gasteiger partial charge in [0.15, 0.2) is 0 Å². The first kappa shape index (κ1) is 9.99. The monoisotopic (exact) mass is 227 g/mol. The fraction of sp³-hybridized carbons (Fsp3) is 0.625. The average molecular weight is 227 g/mol. The molecule has 1 aliphatic heterocycles. The van der Waals surface area contributed by atoms with Gasteiger partial charge in [-0.05, 0) is 67.1 Å². The predicted octanol–water partition coefficient (Wildman–Crippen LogP) is 3.95. The molecule has 2 aliphatic carbocycles. The highest BCUT2D eigenvalue weighted by Crippen LogP contribution is 2.53. The molecule has 3 unspecified atom stereocenters. The molecule has 0 spiro atoms. The zero-order valence-electron chi connectivity index (χ0n) is 10.4. The van der Waals surface area contributed by atoms with Crippen LogP contribution >= 0.6 is 0 Å². The van der Waals surface area contributed by atoms with Gasteiger partial charge in [0.25, 0.3) is 0 Å². The summed E-state index contributed by atoms with van der Waals surface area (Å²) in [6, 6.07) is 7.23. The number of nitrogens with one attached hydrogen (secondary N) is 1. The molecule has 1 N–H and O–H groups in total. The number of hydrogen-bond acceptors (Lipinski definition) is 1. The van der Waals surface area contributed by atoms with Crippen LogP contribution in [0.1, 0.15) is 49.1 Å². The molecule has 2 fully saturated rings. The van der Waals surface area contributed by atoms with Crippen LogP contribution in [-0.4, -0.2) is 6.54 Å². The Kier molecular flexibility index (Phi) is 2.21. The third kappa shape index (κ3) is 1.59. The Balaban J connectivity index is 1.66. The highest BCUT2D eigenvalue weighted by Gasteiger charge is 2.40. The summed E-state index contributed by atoms with van der Waals surface area (Å²) in [6.45, 7) is 1.15. The van der Waals surface area contributed by atoms with Crippen LogP contribution < -0.4 is 5.32 Å². The van der Waals surface area contributed by atoms with E-state index in [2.05, 4.69) is 23.5 Å². The molecule has 1 aromatic rings. The molecule has 0 saturated heterocycles. The lowest BCUT2D eigenvalue weighted by Crippen LogP contribution is -2.13. The van der Waals surface area contributed by atoms with Crippen molar-refractivity contribution in [3.05, 3.63) is 29.3 Å². The quantitative estimate of drug-likeness (QED) is 0.766. The molecule has 3 aliphatic rings. The van der Waals surface area contributed by atoms with Gasteiger partial charge in [0.2, 0.25) is 0 Å². The maximum Gasteiger partial charge on any atom is 0.0372 e. The third-order valence-electron chi connectivity index (χ3n) is 5.23. The Morgan fingerprint density at radius 3 is 2.94 bits per heavy atom. The van der Waals surface area contributed by atoms with E-state index in [9.17, 15) is 0 Å². The lowest BCUT2D eigenvalue weighted by Gasteiger charge is -2.25. The van der Waals surface area contributed by atoms with Crippen molar-refractivity contribution in [2.24, 2.45) is 11.8 Å². The zero-order valence-corrected chi connectivity index (χ0v) is 10.4. The molecule has 0 amide bonds. The van der Waals surface area contributed by atoms with E-state index in [1.807, 2.05) is 0 Å². The van der Waals surface area contributed by atoms with Gasteiger partial charge in [-0.2, -0.15) is 0 Å². The van der Waals surface area contributed by atoms with E-state index in [0.29, 0.717) is 0 Å². The first-order valence-electron chi connectivity index (χ1n) is 7.27. The molecule has 4 rings (SSSR count). The number of rotatable bonds is 1. The second-order valence-corrected chi connectivity index (χ2v) is 6.23. The van der Waals surface area contributed by atoms with Gasteiger partial charge in [0.1, 0.15) is 0 Å². The number of hydrogen-bond donors (Lipinski definition) is 1. The zero-order chi connectivity index (χ0) is 11.2. The van der Waals surface area contributed by atoms with Gasteiger partial charge >= 0.3 is 0 Å². The van der Waals surface area contributed by atoms with E-state index < -0.39 is 0 Å². The Labute approximate surface area is 104 Å². The van der Waals surface area contributed by atoms with Crippen LogP contribution in [0.25, 0.3) is 0 Å². The Bertz CT molecular complexity index is 437. The van der Waals surface area contributed by atoms with E-state index >= 15 is 0 Å². The van der Waals surface area contributed by atoms with Gasteiger partial charge in [0.05, 0.1) is 0 Å². The van der Waals surface area contributed by atoms with E-state index in [1.165, 1.54) is 44.2 Å². The van der Waals surface area contributed by atoms with Crippen LogP contribution in [-0.2, 0) is 6.42 Å². The van der Waals surface area contributed by atoms with Crippen molar-refractivity contribution in [3.8, 4) is 0 Å². The molecule has 1 heteroatoms. The Morgan fingerprint density at radius 2 is 2.12 bits per heavy atom. The number of fused-ring (bicyclic) bond motifs is 3. The number of aryl methyl sites for hydroxylation is 1. The maximum atomic E-state index is 3.51. The molecule has 0 radical (unpaired) electrons. The van der Waals surface area contributed by atoms with Crippen LogP contribution in [0.15, 0.2) is 18.2 Å². The largest absolute Gasteiger partial charge is 0.385 e. The SMILES string of the molecule is c1cc2c(cc1C1CC3CCC1C3)CCCN2. The molecule has 1 nitrogen and oxygen atoms in total. The molecular weight excluding hydrogens is 206 g/mol. The fourth-order valence-corrected chi connectivity index (χ4v) is 4.38. The molecule has 17 heavy (non-hydrogen) atoms. The van der Waals surface area contributed by atoms with Gasteiger partial charge in [-0.15, -0.1) is 0 Å². The van der Waals surface area contributed by atoms with Crippen molar-refractivity contribution >= 4 is 5.69 Å². The molecule has 90 valence electrons. The summed E-state index contributed by atoms with van der Waals surface area (Å²) in [6.07, 6.45) is 8.55. The van der Waals surface area contributed by atoms with Gasteiger partial charge in [-0.3, -0.25) is 0 Å². The number of anilines is 1. The van der Waals surface area contributed by atoms with Crippen LogP contribution in [0.4, 0.5) is 5.69 Å². The number of benzene rings is 1. The standard InChI is InChI=1S/C16H21N/c1-2-14-10-13(5-6-16(14)17-7-1)15-9-11-3-4-12(15)8-11/h5-6,10-12,15,17H,1-4,7-9H2. The van der Waals surface area contributed by atoms with Gasteiger partial charge in [-0.25, -0.2) is 0 Å². The minimum absolute atomic E-state index is 0.890. The second-order valence-electron chi connectivity index (χ2n) is 6.23. The summed E-state index contributed by atoms with van der Waals surface area (Å²) in [7, 11) is 0. The van der Waals surface area contributed by atoms with Gasteiger partial charge in [-0.1, -0.05) is 18.6 Å². The minimum atomic E-state index is 0.890. The topological polar surface area (TPSA) is 12.0 Å². The molecule has 2 bridgehead atoms. The highest BCUT2D eigenvalue weighted by atomic mass is 14.9. The molecule has 3 atom stereocenters. The van der Waals surface area contributed by atoms with Crippen molar-refractivity contribution in [2.75, 3.05) is 11.9 Å². The fourth-order valence-electron chi connectivity index (χ4n) is 4.38. The second kappa shape index (κ2) is 3.76. The van der Waals surface area contributed by atoms with Crippen LogP contribution in [0.3, 0.4) is 0 Å². The summed E-state index contributed by atoms with van der Waals surface area (Å²) in [5, 5.41) is 3.51. The average Bonchev–Trinajstić information content (AvgIpc) is 3.00. The molecule has 1 heterocycles. The first-order valence-corrected chi connectivity index (χ1v) is 7.27. The summed E-state index contributed by atoms with van der Waals surface area (Å²) in [5.74, 6) is 2.95. The first-order chi connectivity index (χ1) is 8.40. The molecule has 1 aromatic carbocycles. The van der Waals surface area contributed by atoms with Crippen molar-refractivity contribution in [1.29, 1.82) is 0 Å². The summed E-state index contributed by atoms with van der Waals surface area (Å²) in [4.78, 5) is 0. The summed E-state index contributed by atoms with van der Waals surface area (Å²) in [5.41, 5.74) is 4.60. The van der Waals surface area contributed by atoms with Gasteiger partial charge < -0.3 is 5.32 Å². The lowest BCUT2D eigenvalue weighted by molar-refractivity contribution is 0.420. The van der Waals surface area contributed by atoms with Crippen molar-refractivity contribution in [2.45, 2.75) is 44.4 Å². The molecule has 0 aromatic heterocycles. The van der Waals surface area contributed by atoms with Crippen LogP contribution in [0.2, 0.25) is 0 Å². The van der Waals surface area contributed by atoms with Crippen molar-refractivity contribution < 1.29 is 0 Å². The molecule has 2 saturated carbocycles. The third-order valence-corrected chi connectivity index (χ3v) is 5.23. The Morgan fingerprint density at radius 1 is 1.12 bits per heavy atom. The van der Waals surface area contributed by atoms with Crippen molar-refractivity contribution in [1.82, 2.24) is 0 Å². The summed E-state index contributed by atoms with van der Waals surface area (Å²) < 4.78 is 0. The predicted molar refractivity (Wildman–Crippen MR) is 71.4 cm³/mol. The van der Waals surface area contributed by atoms with E-state index in [0.717, 1.165) is 24.3 Å². The van der Waals surface area contributed by atoms with E-state index in [1.54, 1.807) is 11.1 Å². The minimum Gasteiger partial charge on any atom is -0.385 e. The van der Waals surface area contributed by atoms with E-state index in [-0.39, 0.29) is 0 Å². The molecular formula is C16H21N. The lowest BCUT2D eigenvalue weighted by atomic mass is 9.82. The van der Waals surface area contributed by atoms with E-state index in [4.69, 9.17) is 0 Å². The maximum absolute atomic E-state index is 3.51. The van der Waals surface area contributed by atoms with Crippen LogP contribution in [0, 0.1) is 11.8 Å². The Hall–Kier alpha value is -0.980. The smallest absolute Gasteiger partial charge is 0.0372 e. The van der Waals surface area contributed by atoms with Crippen molar-refractivity contribution in [3.63, 3.8) is 0 Å². The van der Waals surface area contributed by atoms with Gasteiger partial charge in [0, 0.05) is 12.2 Å². The van der Waals surface area contributed by atoms with Crippen LogP contribution in [0.5, 0.6) is 0 Å².